The Morgan fingerprint density at radius 3 is 2.17 bits per heavy atom. The van der Waals surface area contributed by atoms with E-state index in [2.05, 4.69) is 26.0 Å². The fraction of sp³-hybridized carbons (Fsp3) is 0.562. The fourth-order valence-electron chi connectivity index (χ4n) is 1.78. The zero-order valence-electron chi connectivity index (χ0n) is 12.1. The van der Waals surface area contributed by atoms with Gasteiger partial charge in [0.05, 0.1) is 5.25 Å². The quantitative estimate of drug-likeness (QED) is 0.710. The molecule has 2 heteroatoms. The minimum absolute atomic E-state index is 0.0624. The predicted octanol–water partition coefficient (Wildman–Crippen LogP) is 4.81. The summed E-state index contributed by atoms with van der Waals surface area (Å²) >= 11 is 1.70. The van der Waals surface area contributed by atoms with Gasteiger partial charge in [-0.3, -0.25) is 4.79 Å². The molecule has 0 N–H and O–H groups in total. The number of Topliss-reactive ketones (excluding diaryl/α,β-unsaturated/α-hetero) is 1. The van der Waals surface area contributed by atoms with Crippen LogP contribution in [0.4, 0.5) is 0 Å². The number of benzene rings is 1. The number of rotatable bonds is 5. The van der Waals surface area contributed by atoms with E-state index in [9.17, 15) is 4.79 Å². The van der Waals surface area contributed by atoms with Crippen LogP contribution in [-0.2, 0) is 4.79 Å². The molecule has 0 radical (unpaired) electrons. The van der Waals surface area contributed by atoms with Crippen molar-refractivity contribution in [3.05, 3.63) is 30.3 Å². The van der Waals surface area contributed by atoms with Crippen LogP contribution in [0.1, 0.15) is 41.0 Å². The maximum atomic E-state index is 12.5. The normalized spacial score (nSPS) is 13.7. The van der Waals surface area contributed by atoms with Crippen molar-refractivity contribution >= 4 is 17.5 Å². The van der Waals surface area contributed by atoms with Crippen LogP contribution in [0.5, 0.6) is 0 Å². The van der Waals surface area contributed by atoms with Gasteiger partial charge in [0.15, 0.2) is 5.78 Å². The molecule has 1 atom stereocenters. The van der Waals surface area contributed by atoms with Crippen LogP contribution in [-0.4, -0.2) is 11.0 Å². The van der Waals surface area contributed by atoms with Gasteiger partial charge in [0.2, 0.25) is 0 Å². The molecule has 0 aliphatic carbocycles. The average molecular weight is 264 g/mol. The molecular weight excluding hydrogens is 240 g/mol. The number of ketones is 1. The SMILES string of the molecule is CC(C)CC(Sc1ccccc1)C(=O)C(C)(C)C. The largest absolute Gasteiger partial charge is 0.298 e. The van der Waals surface area contributed by atoms with Crippen molar-refractivity contribution in [2.45, 2.75) is 51.2 Å². The van der Waals surface area contributed by atoms with Crippen molar-refractivity contribution in [3.63, 3.8) is 0 Å². The molecule has 0 spiro atoms. The Morgan fingerprint density at radius 1 is 1.17 bits per heavy atom. The number of hydrogen-bond donors (Lipinski definition) is 0. The third-order valence-electron chi connectivity index (χ3n) is 2.74. The van der Waals surface area contributed by atoms with E-state index >= 15 is 0 Å². The third kappa shape index (κ3) is 4.85. The second kappa shape index (κ2) is 6.42. The van der Waals surface area contributed by atoms with Crippen LogP contribution < -0.4 is 0 Å². The highest BCUT2D eigenvalue weighted by Gasteiger charge is 2.30. The maximum absolute atomic E-state index is 12.5. The summed E-state index contributed by atoms with van der Waals surface area (Å²) in [6.07, 6.45) is 0.940. The monoisotopic (exact) mass is 264 g/mol. The second-order valence-electron chi connectivity index (χ2n) is 6.16. The molecule has 0 aliphatic heterocycles. The first-order chi connectivity index (χ1) is 8.30. The molecule has 0 fully saturated rings. The summed E-state index contributed by atoms with van der Waals surface area (Å²) in [5, 5.41) is 0.0624. The van der Waals surface area contributed by atoms with Gasteiger partial charge >= 0.3 is 0 Å². The van der Waals surface area contributed by atoms with Crippen molar-refractivity contribution in [1.82, 2.24) is 0 Å². The summed E-state index contributed by atoms with van der Waals surface area (Å²) < 4.78 is 0. The van der Waals surface area contributed by atoms with Crippen LogP contribution in [0, 0.1) is 11.3 Å². The summed E-state index contributed by atoms with van der Waals surface area (Å²) in [7, 11) is 0. The number of thioether (sulfide) groups is 1. The number of carbonyl (C=O) groups excluding carboxylic acids is 1. The van der Waals surface area contributed by atoms with Gasteiger partial charge in [-0.05, 0) is 24.5 Å². The molecule has 0 aliphatic rings. The van der Waals surface area contributed by atoms with E-state index < -0.39 is 0 Å². The molecule has 18 heavy (non-hydrogen) atoms. The van der Waals surface area contributed by atoms with Gasteiger partial charge in [0, 0.05) is 10.3 Å². The Bertz CT molecular complexity index is 376. The fourth-order valence-corrected chi connectivity index (χ4v) is 3.37. The lowest BCUT2D eigenvalue weighted by atomic mass is 9.86. The average Bonchev–Trinajstić information content (AvgIpc) is 2.26. The molecule has 0 saturated carbocycles. The summed E-state index contributed by atoms with van der Waals surface area (Å²) in [4.78, 5) is 13.7. The lowest BCUT2D eigenvalue weighted by Gasteiger charge is -2.25. The minimum atomic E-state index is -0.263. The third-order valence-corrected chi connectivity index (χ3v) is 3.97. The van der Waals surface area contributed by atoms with Crippen molar-refractivity contribution < 1.29 is 4.79 Å². The molecule has 1 rings (SSSR count). The lowest BCUT2D eigenvalue weighted by molar-refractivity contribution is -0.126. The molecule has 1 nitrogen and oxygen atoms in total. The Balaban J connectivity index is 2.83. The molecule has 0 saturated heterocycles. The van der Waals surface area contributed by atoms with E-state index in [0.717, 1.165) is 6.42 Å². The smallest absolute Gasteiger partial charge is 0.151 e. The van der Waals surface area contributed by atoms with E-state index in [4.69, 9.17) is 0 Å². The summed E-state index contributed by atoms with van der Waals surface area (Å²) in [5.74, 6) is 0.891. The zero-order valence-corrected chi connectivity index (χ0v) is 12.9. The van der Waals surface area contributed by atoms with Crippen LogP contribution in [0.3, 0.4) is 0 Å². The van der Waals surface area contributed by atoms with Crippen molar-refractivity contribution in [2.24, 2.45) is 11.3 Å². The number of carbonyl (C=O) groups is 1. The van der Waals surface area contributed by atoms with Gasteiger partial charge in [-0.15, -0.1) is 11.8 Å². The Labute approximate surface area is 115 Å². The van der Waals surface area contributed by atoms with Crippen molar-refractivity contribution in [3.8, 4) is 0 Å². The van der Waals surface area contributed by atoms with E-state index in [1.54, 1.807) is 11.8 Å². The number of hydrogen-bond acceptors (Lipinski definition) is 2. The van der Waals surface area contributed by atoms with Gasteiger partial charge < -0.3 is 0 Å². The zero-order chi connectivity index (χ0) is 13.8. The Morgan fingerprint density at radius 2 is 1.72 bits per heavy atom. The first kappa shape index (κ1) is 15.3. The highest BCUT2D eigenvalue weighted by Crippen LogP contribution is 2.33. The highest BCUT2D eigenvalue weighted by molar-refractivity contribution is 8.00. The summed E-state index contributed by atoms with van der Waals surface area (Å²) in [6, 6.07) is 10.2. The first-order valence-electron chi connectivity index (χ1n) is 6.56. The first-order valence-corrected chi connectivity index (χ1v) is 7.44. The van der Waals surface area contributed by atoms with Crippen LogP contribution >= 0.6 is 11.8 Å². The highest BCUT2D eigenvalue weighted by atomic mass is 32.2. The molecule has 1 aromatic carbocycles. The van der Waals surface area contributed by atoms with E-state index in [-0.39, 0.29) is 10.7 Å². The topological polar surface area (TPSA) is 17.1 Å². The minimum Gasteiger partial charge on any atom is -0.298 e. The maximum Gasteiger partial charge on any atom is 0.151 e. The van der Waals surface area contributed by atoms with E-state index in [1.165, 1.54) is 4.90 Å². The predicted molar refractivity (Wildman–Crippen MR) is 80.0 cm³/mol. The molecule has 0 heterocycles. The molecule has 0 aromatic heterocycles. The van der Waals surface area contributed by atoms with Crippen LogP contribution in [0.2, 0.25) is 0 Å². The van der Waals surface area contributed by atoms with Crippen LogP contribution in [0.25, 0.3) is 0 Å². The van der Waals surface area contributed by atoms with E-state index in [1.807, 2.05) is 39.0 Å². The van der Waals surface area contributed by atoms with Gasteiger partial charge in [-0.25, -0.2) is 0 Å². The van der Waals surface area contributed by atoms with Gasteiger partial charge in [0.1, 0.15) is 0 Å². The van der Waals surface area contributed by atoms with E-state index in [0.29, 0.717) is 11.7 Å². The second-order valence-corrected chi connectivity index (χ2v) is 7.44. The van der Waals surface area contributed by atoms with Gasteiger partial charge in [-0.2, -0.15) is 0 Å². The lowest BCUT2D eigenvalue weighted by Crippen LogP contribution is -2.31. The molecular formula is C16H24OS. The molecule has 1 aromatic rings. The molecule has 1 unspecified atom stereocenters. The Kier molecular flexibility index (Phi) is 5.46. The van der Waals surface area contributed by atoms with Gasteiger partial charge in [0.25, 0.3) is 0 Å². The molecule has 100 valence electrons. The molecule has 0 bridgehead atoms. The van der Waals surface area contributed by atoms with Crippen molar-refractivity contribution in [2.75, 3.05) is 0 Å². The van der Waals surface area contributed by atoms with Crippen molar-refractivity contribution in [1.29, 1.82) is 0 Å². The summed E-state index contributed by atoms with van der Waals surface area (Å²) in [5.41, 5.74) is -0.263. The van der Waals surface area contributed by atoms with Crippen LogP contribution in [0.15, 0.2) is 35.2 Å². The molecule has 0 amide bonds. The Hall–Kier alpha value is -0.760. The summed E-state index contributed by atoms with van der Waals surface area (Å²) in [6.45, 7) is 10.4. The standard InChI is InChI=1S/C16H24OS/c1-12(2)11-14(15(17)16(3,4)5)18-13-9-7-6-8-10-13/h6-10,12,14H,11H2,1-5H3. The van der Waals surface area contributed by atoms with Gasteiger partial charge in [-0.1, -0.05) is 52.8 Å².